The monoisotopic (exact) mass is 415 g/mol. The molecule has 1 saturated heterocycles. The van der Waals surface area contributed by atoms with Crippen molar-refractivity contribution in [3.8, 4) is 0 Å². The highest BCUT2D eigenvalue weighted by Gasteiger charge is 2.38. The lowest BCUT2D eigenvalue weighted by atomic mass is 10.2. The minimum atomic E-state index is -5.08. The third-order valence-corrected chi connectivity index (χ3v) is 4.67. The number of aliphatic carboxylic acids is 1. The molecule has 1 aliphatic heterocycles. The smallest absolute Gasteiger partial charge is 0.475 e. The number of carboxylic acids is 1. The molecule has 0 radical (unpaired) electrons. The molecule has 0 amide bonds. The lowest BCUT2D eigenvalue weighted by molar-refractivity contribution is -0.192. The van der Waals surface area contributed by atoms with Gasteiger partial charge in [0.15, 0.2) is 0 Å². The Balaban J connectivity index is 0.000000279. The van der Waals surface area contributed by atoms with Crippen molar-refractivity contribution in [2.24, 2.45) is 0 Å². The first-order valence-corrected chi connectivity index (χ1v) is 8.92. The third-order valence-electron chi connectivity index (χ3n) is 3.71. The molecule has 13 heteroatoms. The summed E-state index contributed by atoms with van der Waals surface area (Å²) in [5.74, 6) is -2.76. The number of carbonyl (C=O) groups is 1. The van der Waals surface area contributed by atoms with Crippen LogP contribution in [0.1, 0.15) is 11.0 Å². The third kappa shape index (κ3) is 5.15. The summed E-state index contributed by atoms with van der Waals surface area (Å²) in [6.07, 6.45) is -3.27. The molecule has 3 aromatic rings. The van der Waals surface area contributed by atoms with Gasteiger partial charge in [-0.25, -0.2) is 4.79 Å². The predicted molar refractivity (Wildman–Crippen MR) is 96.6 cm³/mol. The first-order chi connectivity index (χ1) is 13.3. The summed E-state index contributed by atoms with van der Waals surface area (Å²) in [4.78, 5) is 8.90. The van der Waals surface area contributed by atoms with E-state index in [9.17, 15) is 13.2 Å². The molecule has 5 N–H and O–H groups in total. The van der Waals surface area contributed by atoms with Crippen molar-refractivity contribution < 1.29 is 23.1 Å². The minimum absolute atomic E-state index is 0.253. The van der Waals surface area contributed by atoms with Gasteiger partial charge >= 0.3 is 12.1 Å². The summed E-state index contributed by atoms with van der Waals surface area (Å²) in [5.41, 5.74) is 2.01. The first kappa shape index (κ1) is 20.0. The van der Waals surface area contributed by atoms with Gasteiger partial charge in [-0.2, -0.15) is 18.3 Å². The van der Waals surface area contributed by atoms with Crippen LogP contribution >= 0.6 is 11.3 Å². The number of benzene rings is 1. The highest BCUT2D eigenvalue weighted by atomic mass is 32.1. The van der Waals surface area contributed by atoms with Crippen LogP contribution in [0.5, 0.6) is 0 Å². The highest BCUT2D eigenvalue weighted by molar-refractivity contribution is 7.15. The number of anilines is 2. The zero-order valence-corrected chi connectivity index (χ0v) is 15.1. The second kappa shape index (κ2) is 8.50. The van der Waals surface area contributed by atoms with Crippen LogP contribution < -0.4 is 16.0 Å². The van der Waals surface area contributed by atoms with E-state index >= 15 is 0 Å². The number of nitrogens with zero attached hydrogens (tertiary/aromatic N) is 3. The van der Waals surface area contributed by atoms with Crippen molar-refractivity contribution in [3.63, 3.8) is 0 Å². The molecule has 0 aliphatic carbocycles. The Kier molecular flexibility index (Phi) is 6.06. The number of halogens is 3. The van der Waals surface area contributed by atoms with Crippen molar-refractivity contribution in [1.82, 2.24) is 31.0 Å². The van der Waals surface area contributed by atoms with Crippen LogP contribution in [-0.2, 0) is 4.79 Å². The summed E-state index contributed by atoms with van der Waals surface area (Å²) in [5, 5.41) is 35.6. The number of H-pyrrole nitrogens is 1. The van der Waals surface area contributed by atoms with Crippen molar-refractivity contribution in [3.05, 3.63) is 29.4 Å². The van der Waals surface area contributed by atoms with E-state index in [0.29, 0.717) is 0 Å². The molecule has 1 unspecified atom stereocenters. The van der Waals surface area contributed by atoms with Gasteiger partial charge in [-0.05, 0) is 18.2 Å². The molecule has 28 heavy (non-hydrogen) atoms. The summed E-state index contributed by atoms with van der Waals surface area (Å²) < 4.78 is 31.7. The van der Waals surface area contributed by atoms with Crippen LogP contribution in [0.2, 0.25) is 0 Å². The molecule has 3 heterocycles. The maximum absolute atomic E-state index is 10.6. The molecular formula is C15H16F3N7O2S. The molecule has 1 aromatic carbocycles. The van der Waals surface area contributed by atoms with Gasteiger partial charge in [-0.1, -0.05) is 11.3 Å². The second-order valence-electron chi connectivity index (χ2n) is 5.76. The SMILES string of the molecule is O=C(O)C(F)(F)F.c1cc2[nH]ncc2cc1Nc1nnc(C2CNCCN2)s1. The Morgan fingerprint density at radius 2 is 2.07 bits per heavy atom. The van der Waals surface area contributed by atoms with Crippen LogP contribution in [0.15, 0.2) is 24.4 Å². The van der Waals surface area contributed by atoms with E-state index in [-0.39, 0.29) is 6.04 Å². The molecule has 0 bridgehead atoms. The Bertz CT molecular complexity index is 937. The van der Waals surface area contributed by atoms with Gasteiger partial charge in [0, 0.05) is 30.7 Å². The van der Waals surface area contributed by atoms with E-state index in [1.54, 1.807) is 11.3 Å². The Morgan fingerprint density at radius 3 is 2.75 bits per heavy atom. The maximum atomic E-state index is 10.6. The highest BCUT2D eigenvalue weighted by Crippen LogP contribution is 2.26. The van der Waals surface area contributed by atoms with Gasteiger partial charge in [0.25, 0.3) is 0 Å². The molecule has 150 valence electrons. The summed E-state index contributed by atoms with van der Waals surface area (Å²) in [6, 6.07) is 6.30. The predicted octanol–water partition coefficient (Wildman–Crippen LogP) is 2.03. The number of fused-ring (bicyclic) bond motifs is 1. The zero-order chi connectivity index (χ0) is 20.1. The van der Waals surface area contributed by atoms with E-state index in [4.69, 9.17) is 9.90 Å². The van der Waals surface area contributed by atoms with Crippen molar-refractivity contribution in [2.45, 2.75) is 12.2 Å². The molecule has 1 atom stereocenters. The molecule has 1 aliphatic rings. The van der Waals surface area contributed by atoms with Gasteiger partial charge in [0.05, 0.1) is 17.8 Å². The Labute approximate surface area is 160 Å². The molecule has 0 saturated carbocycles. The van der Waals surface area contributed by atoms with Gasteiger partial charge < -0.3 is 21.1 Å². The Morgan fingerprint density at radius 1 is 1.29 bits per heavy atom. The average Bonchev–Trinajstić information content (AvgIpc) is 3.31. The van der Waals surface area contributed by atoms with Crippen LogP contribution in [-0.4, -0.2) is 57.3 Å². The number of aromatic amines is 1. The van der Waals surface area contributed by atoms with E-state index in [2.05, 4.69) is 36.3 Å². The minimum Gasteiger partial charge on any atom is -0.475 e. The fourth-order valence-corrected chi connectivity index (χ4v) is 3.24. The van der Waals surface area contributed by atoms with E-state index in [0.717, 1.165) is 46.4 Å². The van der Waals surface area contributed by atoms with Crippen molar-refractivity contribution in [1.29, 1.82) is 0 Å². The Hall–Kier alpha value is -2.77. The number of aromatic nitrogens is 4. The number of rotatable bonds is 3. The first-order valence-electron chi connectivity index (χ1n) is 8.10. The summed E-state index contributed by atoms with van der Waals surface area (Å²) in [6.45, 7) is 2.87. The van der Waals surface area contributed by atoms with Crippen LogP contribution in [0.3, 0.4) is 0 Å². The molecule has 0 spiro atoms. The fourth-order valence-electron chi connectivity index (χ4n) is 2.40. The van der Waals surface area contributed by atoms with Crippen LogP contribution in [0, 0.1) is 0 Å². The van der Waals surface area contributed by atoms with Crippen molar-refractivity contribution in [2.75, 3.05) is 25.0 Å². The number of hydrogen-bond donors (Lipinski definition) is 5. The van der Waals surface area contributed by atoms with Gasteiger partial charge in [-0.3, -0.25) is 5.10 Å². The van der Waals surface area contributed by atoms with E-state index in [1.165, 1.54) is 0 Å². The molecular weight excluding hydrogens is 399 g/mol. The maximum Gasteiger partial charge on any atom is 0.490 e. The molecule has 2 aromatic heterocycles. The van der Waals surface area contributed by atoms with Crippen molar-refractivity contribution >= 4 is 39.0 Å². The molecule has 1 fully saturated rings. The zero-order valence-electron chi connectivity index (χ0n) is 14.2. The largest absolute Gasteiger partial charge is 0.490 e. The average molecular weight is 415 g/mol. The summed E-state index contributed by atoms with van der Waals surface area (Å²) in [7, 11) is 0. The fraction of sp³-hybridized carbons (Fsp3) is 0.333. The van der Waals surface area contributed by atoms with E-state index < -0.39 is 12.1 Å². The number of carboxylic acid groups (broad SMARTS) is 1. The number of piperazine rings is 1. The van der Waals surface area contributed by atoms with E-state index in [1.807, 2.05) is 24.4 Å². The summed E-state index contributed by atoms with van der Waals surface area (Å²) >= 11 is 1.58. The second-order valence-corrected chi connectivity index (χ2v) is 6.77. The van der Waals surface area contributed by atoms with Gasteiger partial charge in [0.2, 0.25) is 5.13 Å². The lowest BCUT2D eigenvalue weighted by Crippen LogP contribution is -2.42. The number of alkyl halides is 3. The number of nitrogens with one attached hydrogen (secondary N) is 4. The lowest BCUT2D eigenvalue weighted by Gasteiger charge is -2.21. The van der Waals surface area contributed by atoms with Crippen LogP contribution in [0.25, 0.3) is 10.9 Å². The van der Waals surface area contributed by atoms with Gasteiger partial charge in [0.1, 0.15) is 5.01 Å². The molecule has 9 nitrogen and oxygen atoms in total. The normalized spacial score (nSPS) is 17.0. The standard InChI is InChI=1S/C13H15N7S.C2HF3O2/c1-2-10-8(6-16-18-10)5-9(1)17-13-20-19-12(21-13)11-7-14-3-4-15-11;3-2(4,5)1(6)7/h1-2,5-6,11,14-15H,3-4,7H2,(H,16,18)(H,17,20);(H,6,7). The number of hydrogen-bond acceptors (Lipinski definition) is 8. The van der Waals surface area contributed by atoms with Crippen LogP contribution in [0.4, 0.5) is 24.0 Å². The topological polar surface area (TPSA) is 128 Å². The molecule has 4 rings (SSSR count). The van der Waals surface area contributed by atoms with Gasteiger partial charge in [-0.15, -0.1) is 10.2 Å². The quantitative estimate of drug-likeness (QED) is 0.440.